The Bertz CT molecular complexity index is 628. The number of hydrogen-bond donors (Lipinski definition) is 3. The molecule has 3 amide bonds. The number of hydrogen-bond acceptors (Lipinski definition) is 5. The van der Waals surface area contributed by atoms with Gasteiger partial charge in [-0.3, -0.25) is 25.2 Å². The third-order valence-corrected chi connectivity index (χ3v) is 2.89. The molecule has 3 N–H and O–H groups in total. The van der Waals surface area contributed by atoms with Crippen LogP contribution in [0.15, 0.2) is 42.5 Å². The molecule has 0 aliphatic heterocycles. The maximum Gasteiger partial charge on any atom is 0.330 e. The molecular weight excluding hydrogens is 326 g/mol. The fourth-order valence-corrected chi connectivity index (χ4v) is 1.68. The van der Waals surface area contributed by atoms with Gasteiger partial charge in [-0.25, -0.2) is 4.79 Å². The zero-order valence-electron chi connectivity index (χ0n) is 13.9. The lowest BCUT2D eigenvalue weighted by molar-refractivity contribution is -0.137. The van der Waals surface area contributed by atoms with Gasteiger partial charge in [-0.1, -0.05) is 30.3 Å². The highest BCUT2D eigenvalue weighted by molar-refractivity contribution is 5.95. The molecule has 0 saturated carbocycles. The highest BCUT2D eigenvalue weighted by atomic mass is 16.5. The van der Waals surface area contributed by atoms with Gasteiger partial charge in [0.1, 0.15) is 0 Å². The van der Waals surface area contributed by atoms with Crippen molar-refractivity contribution < 1.29 is 23.9 Å². The first kappa shape index (κ1) is 19.9. The fraction of sp³-hybridized carbons (Fsp3) is 0.294. The minimum Gasteiger partial charge on any atom is -0.463 e. The predicted molar refractivity (Wildman–Crippen MR) is 89.6 cm³/mol. The third kappa shape index (κ3) is 9.54. The molecule has 0 aliphatic rings. The van der Waals surface area contributed by atoms with Crippen LogP contribution in [0, 0.1) is 0 Å². The summed E-state index contributed by atoms with van der Waals surface area (Å²) in [4.78, 5) is 45.6. The van der Waals surface area contributed by atoms with Crippen LogP contribution in [0.25, 0.3) is 0 Å². The molecule has 0 aliphatic carbocycles. The van der Waals surface area contributed by atoms with Crippen molar-refractivity contribution in [3.8, 4) is 0 Å². The van der Waals surface area contributed by atoms with Crippen LogP contribution in [0.3, 0.4) is 0 Å². The lowest BCUT2D eigenvalue weighted by atomic mass is 10.2. The van der Waals surface area contributed by atoms with E-state index in [0.29, 0.717) is 6.54 Å². The zero-order chi connectivity index (χ0) is 18.5. The minimum atomic E-state index is -0.685. The first-order valence-electron chi connectivity index (χ1n) is 7.75. The molecule has 8 nitrogen and oxygen atoms in total. The average molecular weight is 347 g/mol. The van der Waals surface area contributed by atoms with Crippen LogP contribution in [-0.2, 0) is 30.5 Å². The number of rotatable bonds is 8. The number of hydrazine groups is 1. The lowest BCUT2D eigenvalue weighted by Crippen LogP contribution is -2.41. The van der Waals surface area contributed by atoms with E-state index in [2.05, 4.69) is 20.9 Å². The van der Waals surface area contributed by atoms with E-state index in [1.807, 2.05) is 30.3 Å². The van der Waals surface area contributed by atoms with Crippen molar-refractivity contribution >= 4 is 23.7 Å². The normalized spacial score (nSPS) is 10.1. The van der Waals surface area contributed by atoms with Gasteiger partial charge in [-0.05, 0) is 12.5 Å². The van der Waals surface area contributed by atoms with Gasteiger partial charge in [0.15, 0.2) is 0 Å². The van der Waals surface area contributed by atoms with Gasteiger partial charge in [-0.2, -0.15) is 0 Å². The first-order valence-corrected chi connectivity index (χ1v) is 7.75. The van der Waals surface area contributed by atoms with Crippen molar-refractivity contribution in [2.45, 2.75) is 26.3 Å². The summed E-state index contributed by atoms with van der Waals surface area (Å²) in [5.74, 6) is -2.13. The molecule has 1 rings (SSSR count). The average Bonchev–Trinajstić information content (AvgIpc) is 2.62. The Balaban J connectivity index is 2.18. The monoisotopic (exact) mass is 347 g/mol. The maximum absolute atomic E-state index is 11.7. The maximum atomic E-state index is 11.7. The lowest BCUT2D eigenvalue weighted by Gasteiger charge is -2.06. The number of nitrogens with one attached hydrogen (secondary N) is 3. The summed E-state index contributed by atoms with van der Waals surface area (Å²) in [5, 5.41) is 2.70. The summed E-state index contributed by atoms with van der Waals surface area (Å²) in [6.07, 6.45) is 1.79. The minimum absolute atomic E-state index is 0.00674. The topological polar surface area (TPSA) is 114 Å². The first-order chi connectivity index (χ1) is 12.0. The summed E-state index contributed by atoms with van der Waals surface area (Å²) < 4.78 is 4.60. The Labute approximate surface area is 145 Å². The van der Waals surface area contributed by atoms with Crippen LogP contribution in [0.5, 0.6) is 0 Å². The molecule has 0 aromatic heterocycles. The van der Waals surface area contributed by atoms with Crippen molar-refractivity contribution in [1.82, 2.24) is 16.2 Å². The largest absolute Gasteiger partial charge is 0.463 e. The SMILES string of the molecule is CCOC(=O)/C=C/C(=O)NNC(=O)CCC(=O)NCc1ccccc1. The number of ether oxygens (including phenoxy) is 1. The van der Waals surface area contributed by atoms with Gasteiger partial charge in [0.05, 0.1) is 6.61 Å². The zero-order valence-corrected chi connectivity index (χ0v) is 13.9. The Hall–Kier alpha value is -3.16. The van der Waals surface area contributed by atoms with Crippen LogP contribution < -0.4 is 16.2 Å². The fourth-order valence-electron chi connectivity index (χ4n) is 1.68. The van der Waals surface area contributed by atoms with Crippen LogP contribution in [-0.4, -0.2) is 30.3 Å². The summed E-state index contributed by atoms with van der Waals surface area (Å²) in [5.41, 5.74) is 5.20. The van der Waals surface area contributed by atoms with Gasteiger partial charge in [-0.15, -0.1) is 0 Å². The highest BCUT2D eigenvalue weighted by Gasteiger charge is 2.07. The number of amides is 3. The van der Waals surface area contributed by atoms with Gasteiger partial charge < -0.3 is 10.1 Å². The second-order valence-corrected chi connectivity index (χ2v) is 4.89. The van der Waals surface area contributed by atoms with E-state index in [-0.39, 0.29) is 25.4 Å². The molecule has 0 bridgehead atoms. The molecule has 25 heavy (non-hydrogen) atoms. The molecule has 0 saturated heterocycles. The van der Waals surface area contributed by atoms with Crippen LogP contribution >= 0.6 is 0 Å². The van der Waals surface area contributed by atoms with E-state index >= 15 is 0 Å². The number of carbonyl (C=O) groups is 4. The molecule has 8 heteroatoms. The summed E-state index contributed by atoms with van der Waals surface area (Å²) in [7, 11) is 0. The quantitative estimate of drug-likeness (QED) is 0.357. The second kappa shape index (κ2) is 11.4. The van der Waals surface area contributed by atoms with E-state index in [4.69, 9.17) is 0 Å². The van der Waals surface area contributed by atoms with Crippen molar-refractivity contribution in [3.63, 3.8) is 0 Å². The Morgan fingerprint density at radius 2 is 1.64 bits per heavy atom. The molecule has 0 spiro atoms. The smallest absolute Gasteiger partial charge is 0.330 e. The van der Waals surface area contributed by atoms with E-state index in [1.54, 1.807) is 6.92 Å². The number of benzene rings is 1. The Morgan fingerprint density at radius 3 is 2.32 bits per heavy atom. The van der Waals surface area contributed by atoms with E-state index in [1.165, 1.54) is 0 Å². The second-order valence-electron chi connectivity index (χ2n) is 4.89. The Morgan fingerprint density at radius 1 is 0.960 bits per heavy atom. The molecule has 0 heterocycles. The number of esters is 1. The summed E-state index contributed by atoms with van der Waals surface area (Å²) in [6.45, 7) is 2.23. The van der Waals surface area contributed by atoms with E-state index < -0.39 is 17.8 Å². The molecular formula is C17H21N3O5. The molecule has 0 radical (unpaired) electrons. The molecule has 1 aromatic carbocycles. The Kier molecular flexibility index (Phi) is 9.06. The van der Waals surface area contributed by atoms with Gasteiger partial charge in [0.2, 0.25) is 11.8 Å². The van der Waals surface area contributed by atoms with Crippen LogP contribution in [0.2, 0.25) is 0 Å². The standard InChI is InChI=1S/C17H21N3O5/c1-2-25-17(24)11-10-16(23)20-19-15(22)9-8-14(21)18-12-13-6-4-3-5-7-13/h3-7,10-11H,2,8-9,12H2,1H3,(H,18,21)(H,19,22)(H,20,23)/b11-10+. The van der Waals surface area contributed by atoms with E-state index in [9.17, 15) is 19.2 Å². The predicted octanol–water partition coefficient (Wildman–Crippen LogP) is 0.350. The molecule has 0 fully saturated rings. The van der Waals surface area contributed by atoms with Crippen molar-refractivity contribution in [1.29, 1.82) is 0 Å². The summed E-state index contributed by atoms with van der Waals surface area (Å²) in [6, 6.07) is 9.38. The van der Waals surface area contributed by atoms with Gasteiger partial charge >= 0.3 is 5.97 Å². The van der Waals surface area contributed by atoms with Crippen molar-refractivity contribution in [2.75, 3.05) is 6.61 Å². The molecule has 0 unspecified atom stereocenters. The van der Waals surface area contributed by atoms with E-state index in [0.717, 1.165) is 17.7 Å². The van der Waals surface area contributed by atoms with Crippen molar-refractivity contribution in [3.05, 3.63) is 48.0 Å². The molecule has 1 aromatic rings. The van der Waals surface area contributed by atoms with Crippen LogP contribution in [0.1, 0.15) is 25.3 Å². The number of carbonyl (C=O) groups excluding carboxylic acids is 4. The highest BCUT2D eigenvalue weighted by Crippen LogP contribution is 1.98. The third-order valence-electron chi connectivity index (χ3n) is 2.89. The molecule has 0 atom stereocenters. The van der Waals surface area contributed by atoms with Gasteiger partial charge in [0.25, 0.3) is 5.91 Å². The van der Waals surface area contributed by atoms with Gasteiger partial charge in [0, 0.05) is 31.5 Å². The van der Waals surface area contributed by atoms with Crippen LogP contribution in [0.4, 0.5) is 0 Å². The summed E-state index contributed by atoms with van der Waals surface area (Å²) >= 11 is 0. The van der Waals surface area contributed by atoms with Crippen molar-refractivity contribution in [2.24, 2.45) is 0 Å². The molecule has 134 valence electrons.